The number of tetrazole rings is 1. The van der Waals surface area contributed by atoms with E-state index in [1.165, 1.54) is 0 Å². The van der Waals surface area contributed by atoms with Gasteiger partial charge in [0.15, 0.2) is 5.82 Å². The fraction of sp³-hybridized carbons (Fsp3) is 0.500. The van der Waals surface area contributed by atoms with Crippen LogP contribution >= 0.6 is 0 Å². The molecule has 2 N–H and O–H groups in total. The van der Waals surface area contributed by atoms with Crippen molar-refractivity contribution in [1.29, 1.82) is 0 Å². The van der Waals surface area contributed by atoms with Crippen LogP contribution in [0.25, 0.3) is 11.4 Å². The summed E-state index contributed by atoms with van der Waals surface area (Å²) in [5, 5.41) is 12.3. The van der Waals surface area contributed by atoms with Gasteiger partial charge in [0, 0.05) is 24.5 Å². The lowest BCUT2D eigenvalue weighted by atomic mass is 9.92. The SMILES string of the molecule is Cc1cccc(N)c1-c1nnnn1C1(C)CCOCC1. The Hall–Kier alpha value is -1.95. The lowest BCUT2D eigenvalue weighted by molar-refractivity contribution is 0.0240. The highest BCUT2D eigenvalue weighted by molar-refractivity contribution is 5.74. The standard InChI is InChI=1S/C14H19N5O/c1-10-4-3-5-11(15)12(10)13-16-17-18-19(13)14(2)6-8-20-9-7-14/h3-5H,6-9,15H2,1-2H3. The maximum absolute atomic E-state index is 6.12. The zero-order chi connectivity index (χ0) is 14.2. The smallest absolute Gasteiger partial charge is 0.184 e. The Morgan fingerprint density at radius 3 is 2.75 bits per heavy atom. The molecule has 1 aromatic carbocycles. The summed E-state index contributed by atoms with van der Waals surface area (Å²) in [6, 6.07) is 5.85. The molecule has 106 valence electrons. The second kappa shape index (κ2) is 4.86. The van der Waals surface area contributed by atoms with E-state index in [1.807, 2.05) is 29.8 Å². The molecule has 0 radical (unpaired) electrons. The van der Waals surface area contributed by atoms with Gasteiger partial charge in [0.05, 0.1) is 5.54 Å². The van der Waals surface area contributed by atoms with Gasteiger partial charge in [-0.25, -0.2) is 4.68 Å². The third-order valence-electron chi connectivity index (χ3n) is 4.08. The summed E-state index contributed by atoms with van der Waals surface area (Å²) in [5.74, 6) is 0.741. The van der Waals surface area contributed by atoms with E-state index >= 15 is 0 Å². The van der Waals surface area contributed by atoms with Crippen LogP contribution in [0.4, 0.5) is 5.69 Å². The van der Waals surface area contributed by atoms with Crippen molar-refractivity contribution >= 4 is 5.69 Å². The number of nitrogens with zero attached hydrogens (tertiary/aromatic N) is 4. The quantitative estimate of drug-likeness (QED) is 0.843. The van der Waals surface area contributed by atoms with Gasteiger partial charge in [0.25, 0.3) is 0 Å². The predicted molar refractivity (Wildman–Crippen MR) is 76.1 cm³/mol. The molecule has 3 rings (SSSR count). The van der Waals surface area contributed by atoms with E-state index in [-0.39, 0.29) is 5.54 Å². The van der Waals surface area contributed by atoms with Crippen molar-refractivity contribution in [2.45, 2.75) is 32.2 Å². The van der Waals surface area contributed by atoms with Crippen molar-refractivity contribution in [1.82, 2.24) is 20.2 Å². The Bertz CT molecular complexity index is 596. The first-order valence-electron chi connectivity index (χ1n) is 6.84. The maximum atomic E-state index is 6.12. The first kappa shape index (κ1) is 13.1. The van der Waals surface area contributed by atoms with Crippen molar-refractivity contribution in [2.24, 2.45) is 0 Å². The third-order valence-corrected chi connectivity index (χ3v) is 4.08. The highest BCUT2D eigenvalue weighted by atomic mass is 16.5. The lowest BCUT2D eigenvalue weighted by Crippen LogP contribution is -2.38. The van der Waals surface area contributed by atoms with E-state index in [0.29, 0.717) is 5.69 Å². The number of anilines is 1. The van der Waals surface area contributed by atoms with Gasteiger partial charge in [-0.15, -0.1) is 5.10 Å². The van der Waals surface area contributed by atoms with Crippen molar-refractivity contribution in [3.8, 4) is 11.4 Å². The number of aromatic nitrogens is 4. The molecular weight excluding hydrogens is 254 g/mol. The normalized spacial score (nSPS) is 18.1. The van der Waals surface area contributed by atoms with Crippen LogP contribution in [0, 0.1) is 6.92 Å². The molecule has 0 atom stereocenters. The van der Waals surface area contributed by atoms with Gasteiger partial charge in [0.2, 0.25) is 0 Å². The van der Waals surface area contributed by atoms with E-state index in [2.05, 4.69) is 22.4 Å². The number of benzene rings is 1. The maximum Gasteiger partial charge on any atom is 0.184 e. The Morgan fingerprint density at radius 2 is 2.05 bits per heavy atom. The van der Waals surface area contributed by atoms with Crippen LogP contribution in [0.15, 0.2) is 18.2 Å². The van der Waals surface area contributed by atoms with Crippen LogP contribution < -0.4 is 5.73 Å². The molecule has 0 aliphatic carbocycles. The van der Waals surface area contributed by atoms with Gasteiger partial charge < -0.3 is 10.5 Å². The first-order chi connectivity index (χ1) is 9.62. The Kier molecular flexibility index (Phi) is 3.17. The minimum absolute atomic E-state index is 0.119. The summed E-state index contributed by atoms with van der Waals surface area (Å²) in [5.41, 5.74) is 8.71. The average Bonchev–Trinajstić information content (AvgIpc) is 2.89. The minimum atomic E-state index is -0.119. The highest BCUT2D eigenvalue weighted by Crippen LogP contribution is 2.34. The second-order valence-corrected chi connectivity index (χ2v) is 5.56. The van der Waals surface area contributed by atoms with Gasteiger partial charge in [-0.05, 0) is 48.7 Å². The third kappa shape index (κ3) is 2.06. The number of aryl methyl sites for hydroxylation is 1. The van der Waals surface area contributed by atoms with E-state index in [9.17, 15) is 0 Å². The molecule has 0 spiro atoms. The fourth-order valence-corrected chi connectivity index (χ4v) is 2.73. The molecule has 0 saturated carbocycles. The summed E-state index contributed by atoms with van der Waals surface area (Å²) < 4.78 is 7.36. The fourth-order valence-electron chi connectivity index (χ4n) is 2.73. The number of ether oxygens (including phenoxy) is 1. The molecule has 0 amide bonds. The number of hydrogen-bond donors (Lipinski definition) is 1. The predicted octanol–water partition coefficient (Wildman–Crippen LogP) is 1.76. The molecule has 1 aliphatic heterocycles. The second-order valence-electron chi connectivity index (χ2n) is 5.56. The van der Waals surface area contributed by atoms with Gasteiger partial charge in [0.1, 0.15) is 0 Å². The van der Waals surface area contributed by atoms with Gasteiger partial charge >= 0.3 is 0 Å². The van der Waals surface area contributed by atoms with Crippen LogP contribution in [0.1, 0.15) is 25.3 Å². The number of nitrogen functional groups attached to an aromatic ring is 1. The number of nitrogens with two attached hydrogens (primary N) is 1. The van der Waals surface area contributed by atoms with Crippen molar-refractivity contribution in [2.75, 3.05) is 18.9 Å². The summed E-state index contributed by atoms with van der Waals surface area (Å²) in [6.45, 7) is 5.67. The van der Waals surface area contributed by atoms with Crippen LogP contribution in [-0.2, 0) is 10.3 Å². The highest BCUT2D eigenvalue weighted by Gasteiger charge is 2.33. The monoisotopic (exact) mass is 273 g/mol. The molecule has 6 heteroatoms. The van der Waals surface area contributed by atoms with E-state index < -0.39 is 0 Å². The largest absolute Gasteiger partial charge is 0.398 e. The topological polar surface area (TPSA) is 78.9 Å². The van der Waals surface area contributed by atoms with Crippen LogP contribution in [0.3, 0.4) is 0 Å². The first-order valence-corrected chi connectivity index (χ1v) is 6.84. The number of rotatable bonds is 2. The van der Waals surface area contributed by atoms with Crippen molar-refractivity contribution < 1.29 is 4.74 Å². The molecule has 0 bridgehead atoms. The molecule has 20 heavy (non-hydrogen) atoms. The minimum Gasteiger partial charge on any atom is -0.398 e. The summed E-state index contributed by atoms with van der Waals surface area (Å²) in [4.78, 5) is 0. The van der Waals surface area contributed by atoms with Crippen LogP contribution in [0.5, 0.6) is 0 Å². The molecule has 1 saturated heterocycles. The molecule has 1 aliphatic rings. The molecule has 2 aromatic rings. The van der Waals surface area contributed by atoms with Gasteiger partial charge in [-0.1, -0.05) is 12.1 Å². The average molecular weight is 273 g/mol. The summed E-state index contributed by atoms with van der Waals surface area (Å²) >= 11 is 0. The Morgan fingerprint density at radius 1 is 1.30 bits per heavy atom. The molecule has 0 unspecified atom stereocenters. The summed E-state index contributed by atoms with van der Waals surface area (Å²) in [7, 11) is 0. The van der Waals surface area contributed by atoms with Crippen LogP contribution in [0.2, 0.25) is 0 Å². The summed E-state index contributed by atoms with van der Waals surface area (Å²) in [6.07, 6.45) is 1.80. The lowest BCUT2D eigenvalue weighted by Gasteiger charge is -2.34. The van der Waals surface area contributed by atoms with Gasteiger partial charge in [-0.2, -0.15) is 0 Å². The van der Waals surface area contributed by atoms with Crippen molar-refractivity contribution in [3.05, 3.63) is 23.8 Å². The van der Waals surface area contributed by atoms with Crippen LogP contribution in [-0.4, -0.2) is 33.4 Å². The Labute approximate surface area is 117 Å². The molecule has 6 nitrogen and oxygen atoms in total. The molecule has 1 fully saturated rings. The van der Waals surface area contributed by atoms with Crippen molar-refractivity contribution in [3.63, 3.8) is 0 Å². The zero-order valence-electron chi connectivity index (χ0n) is 11.8. The zero-order valence-corrected chi connectivity index (χ0v) is 11.8. The van der Waals surface area contributed by atoms with E-state index in [0.717, 1.165) is 43.0 Å². The molecular formula is C14H19N5O. The molecule has 2 heterocycles. The van der Waals surface area contributed by atoms with Gasteiger partial charge in [-0.3, -0.25) is 0 Å². The molecule has 1 aromatic heterocycles. The number of hydrogen-bond acceptors (Lipinski definition) is 5. The Balaban J connectivity index is 2.11. The van der Waals surface area contributed by atoms with E-state index in [4.69, 9.17) is 10.5 Å². The van der Waals surface area contributed by atoms with E-state index in [1.54, 1.807) is 0 Å².